The van der Waals surface area contributed by atoms with Crippen molar-refractivity contribution < 1.29 is 9.90 Å². The number of carbonyl (C=O) groups is 1. The van der Waals surface area contributed by atoms with E-state index in [4.69, 9.17) is 0 Å². The fourth-order valence-electron chi connectivity index (χ4n) is 3.50. The molecule has 0 radical (unpaired) electrons. The van der Waals surface area contributed by atoms with Gasteiger partial charge in [0.1, 0.15) is 5.75 Å². The molecule has 0 aromatic carbocycles. The van der Waals surface area contributed by atoms with Gasteiger partial charge in [0, 0.05) is 19.3 Å². The number of rotatable bonds is 1. The first-order valence-corrected chi connectivity index (χ1v) is 7.19. The third-order valence-corrected chi connectivity index (χ3v) is 4.57. The maximum absolute atomic E-state index is 12.4. The van der Waals surface area contributed by atoms with Crippen molar-refractivity contribution in [3.05, 3.63) is 24.0 Å². The second-order valence-electron chi connectivity index (χ2n) is 5.72. The molecule has 0 spiro atoms. The zero-order valence-electron chi connectivity index (χ0n) is 11.1. The van der Waals surface area contributed by atoms with Crippen molar-refractivity contribution in [2.24, 2.45) is 11.8 Å². The van der Waals surface area contributed by atoms with E-state index in [0.717, 1.165) is 25.4 Å². The van der Waals surface area contributed by atoms with Gasteiger partial charge in [0.2, 0.25) is 0 Å². The van der Waals surface area contributed by atoms with Crippen LogP contribution < -0.4 is 0 Å². The molecule has 1 aromatic rings. The average Bonchev–Trinajstić information content (AvgIpc) is 2.46. The van der Waals surface area contributed by atoms with Crippen molar-refractivity contribution in [3.63, 3.8) is 0 Å². The smallest absolute Gasteiger partial charge is 0.276 e. The number of piperidine rings is 1. The summed E-state index contributed by atoms with van der Waals surface area (Å²) in [5.41, 5.74) is 0.191. The Kier molecular flexibility index (Phi) is 3.40. The Labute approximate surface area is 113 Å². The molecule has 1 aromatic heterocycles. The summed E-state index contributed by atoms with van der Waals surface area (Å²) in [6.45, 7) is 1.63. The Morgan fingerprint density at radius 3 is 2.84 bits per heavy atom. The Morgan fingerprint density at radius 1 is 1.26 bits per heavy atom. The van der Waals surface area contributed by atoms with Crippen LogP contribution in [0.15, 0.2) is 18.3 Å². The van der Waals surface area contributed by atoms with Crippen LogP contribution in [0.5, 0.6) is 5.75 Å². The van der Waals surface area contributed by atoms with Crippen molar-refractivity contribution in [3.8, 4) is 5.75 Å². The highest BCUT2D eigenvalue weighted by molar-refractivity contribution is 5.94. The van der Waals surface area contributed by atoms with Crippen LogP contribution in [0.2, 0.25) is 0 Å². The van der Waals surface area contributed by atoms with E-state index < -0.39 is 0 Å². The summed E-state index contributed by atoms with van der Waals surface area (Å²) in [4.78, 5) is 18.3. The van der Waals surface area contributed by atoms with Gasteiger partial charge in [-0.25, -0.2) is 4.98 Å². The van der Waals surface area contributed by atoms with E-state index in [1.54, 1.807) is 12.3 Å². The van der Waals surface area contributed by atoms with E-state index >= 15 is 0 Å². The van der Waals surface area contributed by atoms with Crippen molar-refractivity contribution in [2.75, 3.05) is 13.1 Å². The molecule has 1 aliphatic heterocycles. The van der Waals surface area contributed by atoms with Crippen LogP contribution >= 0.6 is 0 Å². The average molecular weight is 260 g/mol. The van der Waals surface area contributed by atoms with Crippen LogP contribution in [0.25, 0.3) is 0 Å². The van der Waals surface area contributed by atoms with Gasteiger partial charge in [-0.15, -0.1) is 0 Å². The molecule has 2 unspecified atom stereocenters. The van der Waals surface area contributed by atoms with Crippen LogP contribution in [0.4, 0.5) is 0 Å². The summed E-state index contributed by atoms with van der Waals surface area (Å²) in [6, 6.07) is 3.16. The lowest BCUT2D eigenvalue weighted by atomic mass is 9.75. The molecule has 1 saturated carbocycles. The first kappa shape index (κ1) is 12.5. The van der Waals surface area contributed by atoms with Gasteiger partial charge < -0.3 is 10.0 Å². The molecule has 19 heavy (non-hydrogen) atoms. The lowest BCUT2D eigenvalue weighted by Crippen LogP contribution is -2.45. The van der Waals surface area contributed by atoms with E-state index in [0.29, 0.717) is 5.92 Å². The van der Waals surface area contributed by atoms with Gasteiger partial charge in [-0.1, -0.05) is 19.3 Å². The van der Waals surface area contributed by atoms with Crippen molar-refractivity contribution >= 4 is 5.91 Å². The molecule has 1 aliphatic carbocycles. The van der Waals surface area contributed by atoms with Crippen molar-refractivity contribution in [1.82, 2.24) is 9.88 Å². The molecule has 1 amide bonds. The normalized spacial score (nSPS) is 26.8. The summed E-state index contributed by atoms with van der Waals surface area (Å²) >= 11 is 0. The highest BCUT2D eigenvalue weighted by atomic mass is 16.3. The van der Waals surface area contributed by atoms with Crippen LogP contribution in [0, 0.1) is 11.8 Å². The first-order valence-electron chi connectivity index (χ1n) is 7.19. The minimum Gasteiger partial charge on any atom is -0.505 e. The molecular formula is C15H20N2O2. The third-order valence-electron chi connectivity index (χ3n) is 4.57. The summed E-state index contributed by atoms with van der Waals surface area (Å²) in [7, 11) is 0. The number of fused-ring (bicyclic) bond motifs is 1. The standard InChI is InChI=1S/C15H20N2O2/c18-13-6-3-8-16-14(13)15(19)17-9-7-11-4-1-2-5-12(11)10-17/h3,6,8,11-12,18H,1-2,4-5,7,9-10H2. The maximum atomic E-state index is 12.4. The fraction of sp³-hybridized carbons (Fsp3) is 0.600. The van der Waals surface area contributed by atoms with Crippen LogP contribution in [-0.4, -0.2) is 34.0 Å². The number of carbonyl (C=O) groups excluding carboxylic acids is 1. The van der Waals surface area contributed by atoms with Crippen LogP contribution in [-0.2, 0) is 0 Å². The number of aromatic nitrogens is 1. The monoisotopic (exact) mass is 260 g/mol. The number of hydrogen-bond acceptors (Lipinski definition) is 3. The largest absolute Gasteiger partial charge is 0.505 e. The number of aromatic hydroxyl groups is 1. The van der Waals surface area contributed by atoms with Crippen LogP contribution in [0.1, 0.15) is 42.6 Å². The second-order valence-corrected chi connectivity index (χ2v) is 5.72. The zero-order chi connectivity index (χ0) is 13.2. The van der Waals surface area contributed by atoms with Crippen molar-refractivity contribution in [1.29, 1.82) is 0 Å². The highest BCUT2D eigenvalue weighted by Gasteiger charge is 2.34. The molecule has 0 bridgehead atoms. The zero-order valence-corrected chi connectivity index (χ0v) is 11.1. The quantitative estimate of drug-likeness (QED) is 0.843. The van der Waals surface area contributed by atoms with E-state index in [9.17, 15) is 9.90 Å². The minimum atomic E-state index is -0.123. The summed E-state index contributed by atoms with van der Waals surface area (Å²) < 4.78 is 0. The predicted molar refractivity (Wildman–Crippen MR) is 71.9 cm³/mol. The Bertz CT molecular complexity index is 475. The molecule has 1 saturated heterocycles. The Hall–Kier alpha value is -1.58. The van der Waals surface area contributed by atoms with Gasteiger partial charge >= 0.3 is 0 Å². The molecule has 3 rings (SSSR count). The predicted octanol–water partition coefficient (Wildman–Crippen LogP) is 2.44. The molecular weight excluding hydrogens is 240 g/mol. The van der Waals surface area contributed by atoms with Gasteiger partial charge in [-0.2, -0.15) is 0 Å². The second kappa shape index (κ2) is 5.19. The van der Waals surface area contributed by atoms with Gasteiger partial charge in [0.25, 0.3) is 5.91 Å². The van der Waals surface area contributed by atoms with E-state index in [1.165, 1.54) is 31.7 Å². The summed E-state index contributed by atoms with van der Waals surface area (Å²) in [6.07, 6.45) is 7.85. The Balaban J connectivity index is 1.73. The number of hydrogen-bond donors (Lipinski definition) is 1. The molecule has 1 N–H and O–H groups in total. The fourth-order valence-corrected chi connectivity index (χ4v) is 3.50. The minimum absolute atomic E-state index is 0.0155. The lowest BCUT2D eigenvalue weighted by molar-refractivity contribution is 0.0512. The molecule has 2 aliphatic rings. The van der Waals surface area contributed by atoms with E-state index in [2.05, 4.69) is 4.98 Å². The number of pyridine rings is 1. The maximum Gasteiger partial charge on any atom is 0.276 e. The van der Waals surface area contributed by atoms with E-state index in [-0.39, 0.29) is 17.4 Å². The molecule has 4 nitrogen and oxygen atoms in total. The van der Waals surface area contributed by atoms with Gasteiger partial charge in [0.15, 0.2) is 5.69 Å². The summed E-state index contributed by atoms with van der Waals surface area (Å²) in [5, 5.41) is 9.73. The number of nitrogens with zero attached hydrogens (tertiary/aromatic N) is 2. The Morgan fingerprint density at radius 2 is 2.05 bits per heavy atom. The summed E-state index contributed by atoms with van der Waals surface area (Å²) in [5.74, 6) is 1.31. The van der Waals surface area contributed by atoms with Gasteiger partial charge in [-0.3, -0.25) is 4.79 Å². The number of amides is 1. The third kappa shape index (κ3) is 2.44. The SMILES string of the molecule is O=C(c1ncccc1O)N1CCC2CCCCC2C1. The van der Waals surface area contributed by atoms with E-state index in [1.807, 2.05) is 4.90 Å². The van der Waals surface area contributed by atoms with Crippen LogP contribution in [0.3, 0.4) is 0 Å². The molecule has 2 atom stereocenters. The first-order chi connectivity index (χ1) is 9.25. The number of likely N-dealkylation sites (tertiary alicyclic amines) is 1. The van der Waals surface area contributed by atoms with Gasteiger partial charge in [0.05, 0.1) is 0 Å². The molecule has 102 valence electrons. The topological polar surface area (TPSA) is 53.4 Å². The molecule has 2 heterocycles. The molecule has 4 heteroatoms. The van der Waals surface area contributed by atoms with Crippen molar-refractivity contribution in [2.45, 2.75) is 32.1 Å². The highest BCUT2D eigenvalue weighted by Crippen LogP contribution is 2.36. The molecule has 2 fully saturated rings. The van der Waals surface area contributed by atoms with Gasteiger partial charge in [-0.05, 0) is 36.8 Å². The lowest BCUT2D eigenvalue weighted by Gasteiger charge is -2.41.